The normalized spacial score (nSPS) is 14.3. The molecule has 0 spiro atoms. The van der Waals surface area contributed by atoms with Crippen molar-refractivity contribution < 1.29 is 9.53 Å². The standard InChI is InChI=1S/C14H18O2/c1-11(15)8-9-16-14-7-6-12-4-2-3-5-13(12)10-14/h6-7,10H,2-5,8-9H2,1H3. The molecule has 0 saturated heterocycles. The highest BCUT2D eigenvalue weighted by Gasteiger charge is 2.09. The molecule has 0 N–H and O–H groups in total. The molecule has 0 radical (unpaired) electrons. The summed E-state index contributed by atoms with van der Waals surface area (Å²) >= 11 is 0. The SMILES string of the molecule is CC(=O)CCOc1ccc2c(c1)CCCC2. The van der Waals surface area contributed by atoms with Crippen molar-refractivity contribution >= 4 is 5.78 Å². The molecule has 86 valence electrons. The van der Waals surface area contributed by atoms with Crippen LogP contribution in [0, 0.1) is 0 Å². The van der Waals surface area contributed by atoms with Crippen molar-refractivity contribution in [3.8, 4) is 5.75 Å². The number of fused-ring (bicyclic) bond motifs is 1. The van der Waals surface area contributed by atoms with Crippen molar-refractivity contribution in [2.75, 3.05) is 6.61 Å². The van der Waals surface area contributed by atoms with Crippen LogP contribution in [-0.4, -0.2) is 12.4 Å². The fraction of sp³-hybridized carbons (Fsp3) is 0.500. The van der Waals surface area contributed by atoms with E-state index in [0.29, 0.717) is 13.0 Å². The highest BCUT2D eigenvalue weighted by atomic mass is 16.5. The molecule has 2 heteroatoms. The van der Waals surface area contributed by atoms with Gasteiger partial charge in [-0.15, -0.1) is 0 Å². The smallest absolute Gasteiger partial charge is 0.133 e. The minimum absolute atomic E-state index is 0.179. The van der Waals surface area contributed by atoms with Crippen molar-refractivity contribution in [3.63, 3.8) is 0 Å². The molecule has 1 aromatic carbocycles. The summed E-state index contributed by atoms with van der Waals surface area (Å²) in [4.78, 5) is 10.8. The zero-order valence-electron chi connectivity index (χ0n) is 9.79. The van der Waals surface area contributed by atoms with Gasteiger partial charge in [-0.1, -0.05) is 6.07 Å². The predicted octanol–water partition coefficient (Wildman–Crippen LogP) is 2.92. The van der Waals surface area contributed by atoms with E-state index in [0.717, 1.165) is 5.75 Å². The Labute approximate surface area is 96.6 Å². The zero-order valence-corrected chi connectivity index (χ0v) is 9.79. The average molecular weight is 218 g/mol. The largest absolute Gasteiger partial charge is 0.493 e. The van der Waals surface area contributed by atoms with E-state index in [9.17, 15) is 4.79 Å². The Kier molecular flexibility index (Phi) is 3.60. The second-order valence-electron chi connectivity index (χ2n) is 4.44. The molecule has 2 nitrogen and oxygen atoms in total. The Hall–Kier alpha value is -1.31. The summed E-state index contributed by atoms with van der Waals surface area (Å²) < 4.78 is 5.56. The van der Waals surface area contributed by atoms with Crippen LogP contribution in [0.2, 0.25) is 0 Å². The lowest BCUT2D eigenvalue weighted by Gasteiger charge is -2.16. The molecular weight excluding hydrogens is 200 g/mol. The molecule has 0 bridgehead atoms. The van der Waals surface area contributed by atoms with Crippen LogP contribution in [0.4, 0.5) is 0 Å². The summed E-state index contributed by atoms with van der Waals surface area (Å²) in [5.41, 5.74) is 2.89. The lowest BCUT2D eigenvalue weighted by atomic mass is 9.92. The van der Waals surface area contributed by atoms with Crippen molar-refractivity contribution in [2.45, 2.75) is 39.0 Å². The van der Waals surface area contributed by atoms with E-state index in [1.807, 2.05) is 6.07 Å². The first-order valence-corrected chi connectivity index (χ1v) is 6.00. The average Bonchev–Trinajstić information content (AvgIpc) is 2.28. The summed E-state index contributed by atoms with van der Waals surface area (Å²) in [6.07, 6.45) is 5.45. The topological polar surface area (TPSA) is 26.3 Å². The number of carbonyl (C=O) groups excluding carboxylic acids is 1. The number of benzene rings is 1. The highest BCUT2D eigenvalue weighted by Crippen LogP contribution is 2.25. The van der Waals surface area contributed by atoms with Crippen molar-refractivity contribution in [1.82, 2.24) is 0 Å². The Bertz CT molecular complexity index is 382. The zero-order chi connectivity index (χ0) is 11.4. The number of hydrogen-bond donors (Lipinski definition) is 0. The second-order valence-corrected chi connectivity index (χ2v) is 4.44. The van der Waals surface area contributed by atoms with Gasteiger partial charge in [0, 0.05) is 6.42 Å². The third kappa shape index (κ3) is 2.84. The third-order valence-corrected chi connectivity index (χ3v) is 3.04. The van der Waals surface area contributed by atoms with Crippen molar-refractivity contribution in [2.24, 2.45) is 0 Å². The summed E-state index contributed by atoms with van der Waals surface area (Å²) in [6.45, 7) is 2.09. The monoisotopic (exact) mass is 218 g/mol. The Morgan fingerprint density at radius 2 is 2.00 bits per heavy atom. The van der Waals surface area contributed by atoms with Crippen LogP contribution in [0.1, 0.15) is 37.3 Å². The van der Waals surface area contributed by atoms with E-state index in [1.165, 1.54) is 36.8 Å². The van der Waals surface area contributed by atoms with Crippen LogP contribution in [-0.2, 0) is 17.6 Å². The van der Waals surface area contributed by atoms with Gasteiger partial charge in [-0.05, 0) is 55.9 Å². The summed E-state index contributed by atoms with van der Waals surface area (Å²) in [7, 11) is 0. The van der Waals surface area contributed by atoms with Crippen molar-refractivity contribution in [1.29, 1.82) is 0 Å². The maximum atomic E-state index is 10.8. The number of rotatable bonds is 4. The van der Waals surface area contributed by atoms with Gasteiger partial charge in [0.05, 0.1) is 6.61 Å². The van der Waals surface area contributed by atoms with Crippen molar-refractivity contribution in [3.05, 3.63) is 29.3 Å². The Morgan fingerprint density at radius 3 is 2.75 bits per heavy atom. The van der Waals surface area contributed by atoms with E-state index in [-0.39, 0.29) is 5.78 Å². The van der Waals surface area contributed by atoms with Gasteiger partial charge in [0.15, 0.2) is 0 Å². The summed E-state index contributed by atoms with van der Waals surface area (Å²) in [6, 6.07) is 6.32. The van der Waals surface area contributed by atoms with Gasteiger partial charge in [-0.3, -0.25) is 4.79 Å². The molecule has 0 saturated carbocycles. The van der Waals surface area contributed by atoms with Gasteiger partial charge in [0.1, 0.15) is 11.5 Å². The van der Waals surface area contributed by atoms with E-state index >= 15 is 0 Å². The van der Waals surface area contributed by atoms with Gasteiger partial charge in [0.25, 0.3) is 0 Å². The molecule has 0 aromatic heterocycles. The number of carbonyl (C=O) groups is 1. The van der Waals surface area contributed by atoms with E-state index in [2.05, 4.69) is 12.1 Å². The lowest BCUT2D eigenvalue weighted by Crippen LogP contribution is -2.05. The minimum atomic E-state index is 0.179. The Balaban J connectivity index is 1.97. The molecule has 0 unspecified atom stereocenters. The maximum Gasteiger partial charge on any atom is 0.133 e. The van der Waals surface area contributed by atoms with Crippen LogP contribution in [0.3, 0.4) is 0 Å². The first kappa shape index (κ1) is 11.2. The van der Waals surface area contributed by atoms with E-state index in [1.54, 1.807) is 6.92 Å². The molecule has 0 amide bonds. The predicted molar refractivity (Wildman–Crippen MR) is 63.9 cm³/mol. The number of aryl methyl sites for hydroxylation is 2. The van der Waals surface area contributed by atoms with Gasteiger partial charge >= 0.3 is 0 Å². The maximum absolute atomic E-state index is 10.8. The number of ether oxygens (including phenoxy) is 1. The van der Waals surface area contributed by atoms with Crippen LogP contribution >= 0.6 is 0 Å². The molecule has 1 aliphatic rings. The minimum Gasteiger partial charge on any atom is -0.493 e. The molecule has 0 fully saturated rings. The molecule has 0 heterocycles. The fourth-order valence-corrected chi connectivity index (χ4v) is 2.11. The molecule has 16 heavy (non-hydrogen) atoms. The Morgan fingerprint density at radius 1 is 1.25 bits per heavy atom. The van der Waals surface area contributed by atoms with E-state index in [4.69, 9.17) is 4.74 Å². The number of hydrogen-bond acceptors (Lipinski definition) is 2. The van der Waals surface area contributed by atoms with Gasteiger partial charge in [-0.25, -0.2) is 0 Å². The van der Waals surface area contributed by atoms with Crippen LogP contribution in [0.15, 0.2) is 18.2 Å². The lowest BCUT2D eigenvalue weighted by molar-refractivity contribution is -0.117. The van der Waals surface area contributed by atoms with Gasteiger partial charge in [-0.2, -0.15) is 0 Å². The molecule has 2 rings (SSSR count). The number of ketones is 1. The second kappa shape index (κ2) is 5.15. The van der Waals surface area contributed by atoms with Gasteiger partial charge < -0.3 is 4.74 Å². The fourth-order valence-electron chi connectivity index (χ4n) is 2.11. The quantitative estimate of drug-likeness (QED) is 0.776. The summed E-state index contributed by atoms with van der Waals surface area (Å²) in [5, 5.41) is 0. The molecular formula is C14H18O2. The molecule has 1 aliphatic carbocycles. The van der Waals surface area contributed by atoms with Crippen LogP contribution in [0.25, 0.3) is 0 Å². The molecule has 0 atom stereocenters. The van der Waals surface area contributed by atoms with Gasteiger partial charge in [0.2, 0.25) is 0 Å². The van der Waals surface area contributed by atoms with Crippen LogP contribution in [0.5, 0.6) is 5.75 Å². The van der Waals surface area contributed by atoms with Crippen LogP contribution < -0.4 is 4.74 Å². The molecule has 0 aliphatic heterocycles. The van der Waals surface area contributed by atoms with E-state index < -0.39 is 0 Å². The first-order valence-electron chi connectivity index (χ1n) is 6.00. The first-order chi connectivity index (χ1) is 7.75. The molecule has 1 aromatic rings. The number of Topliss-reactive ketones (excluding diaryl/α,β-unsaturated/α-hetero) is 1. The summed E-state index contributed by atoms with van der Waals surface area (Å²) in [5.74, 6) is 1.08. The third-order valence-electron chi connectivity index (χ3n) is 3.04. The highest BCUT2D eigenvalue weighted by molar-refractivity contribution is 5.75.